The second-order valence-electron chi connectivity index (χ2n) is 2.01. The molecule has 2 heteroatoms. The van der Waals surface area contributed by atoms with Crippen molar-refractivity contribution in [3.8, 4) is 0 Å². The van der Waals surface area contributed by atoms with E-state index in [0.717, 1.165) is 12.0 Å². The molecule has 9 heavy (non-hydrogen) atoms. The first-order valence-corrected chi connectivity index (χ1v) is 3.27. The molecule has 0 rings (SSSR count). The zero-order valence-electron chi connectivity index (χ0n) is 6.09. The van der Waals surface area contributed by atoms with Crippen molar-refractivity contribution < 1.29 is 5.11 Å². The molecule has 3 N–H and O–H groups in total. The molecule has 54 valence electrons. The smallest absolute Gasteiger partial charge is 0.0621 e. The van der Waals surface area contributed by atoms with Crippen LogP contribution in [0.15, 0.2) is 11.6 Å². The number of rotatable bonds is 3. The Balaban J connectivity index is 3.80. The number of hydrogen-bond acceptors (Lipinski definition) is 2. The van der Waals surface area contributed by atoms with Gasteiger partial charge in [0.25, 0.3) is 0 Å². The highest BCUT2D eigenvalue weighted by Gasteiger charge is 2.02. The highest BCUT2D eigenvalue weighted by Crippen LogP contribution is 2.03. The maximum absolute atomic E-state index is 8.60. The van der Waals surface area contributed by atoms with Crippen LogP contribution in [0.4, 0.5) is 0 Å². The molecule has 0 aromatic heterocycles. The number of hydrogen-bond donors (Lipinski definition) is 2. The van der Waals surface area contributed by atoms with Crippen molar-refractivity contribution in [2.24, 2.45) is 5.73 Å². The number of aliphatic hydroxyl groups excluding tert-OH is 1. The van der Waals surface area contributed by atoms with Crippen LogP contribution in [0.25, 0.3) is 0 Å². The fourth-order valence-corrected chi connectivity index (χ4v) is 0.798. The summed E-state index contributed by atoms with van der Waals surface area (Å²) in [4.78, 5) is 0. The fourth-order valence-electron chi connectivity index (χ4n) is 0.798. The van der Waals surface area contributed by atoms with Crippen LogP contribution in [0.2, 0.25) is 0 Å². The van der Waals surface area contributed by atoms with E-state index < -0.39 is 0 Å². The van der Waals surface area contributed by atoms with Gasteiger partial charge in [-0.1, -0.05) is 18.6 Å². The predicted molar refractivity (Wildman–Crippen MR) is 39.1 cm³/mol. The van der Waals surface area contributed by atoms with Crippen LogP contribution in [0, 0.1) is 0 Å². The molecule has 0 spiro atoms. The van der Waals surface area contributed by atoms with Gasteiger partial charge in [-0.2, -0.15) is 0 Å². The highest BCUT2D eigenvalue weighted by molar-refractivity contribution is 5.07. The summed E-state index contributed by atoms with van der Waals surface area (Å²) in [5.74, 6) is 0. The van der Waals surface area contributed by atoms with Crippen molar-refractivity contribution in [3.63, 3.8) is 0 Å². The zero-order chi connectivity index (χ0) is 7.28. The Bertz CT molecular complexity index is 99.1. The van der Waals surface area contributed by atoms with E-state index in [9.17, 15) is 0 Å². The summed E-state index contributed by atoms with van der Waals surface area (Å²) in [5.41, 5.74) is 6.64. The van der Waals surface area contributed by atoms with E-state index in [1.165, 1.54) is 0 Å². The van der Waals surface area contributed by atoms with Crippen molar-refractivity contribution >= 4 is 0 Å². The largest absolute Gasteiger partial charge is 0.394 e. The van der Waals surface area contributed by atoms with Crippen LogP contribution < -0.4 is 5.73 Å². The number of allylic oxidation sites excluding steroid dienone is 1. The van der Waals surface area contributed by atoms with Gasteiger partial charge in [0.1, 0.15) is 0 Å². The lowest BCUT2D eigenvalue weighted by molar-refractivity contribution is 0.278. The van der Waals surface area contributed by atoms with Gasteiger partial charge in [0, 0.05) is 6.04 Å². The predicted octanol–water partition coefficient (Wildman–Crippen LogP) is 0.662. The topological polar surface area (TPSA) is 46.2 Å². The van der Waals surface area contributed by atoms with E-state index in [2.05, 4.69) is 0 Å². The Labute approximate surface area is 56.4 Å². The molecule has 0 fully saturated rings. The third-order valence-electron chi connectivity index (χ3n) is 1.45. The van der Waals surface area contributed by atoms with Crippen LogP contribution in [-0.2, 0) is 0 Å². The van der Waals surface area contributed by atoms with Crippen LogP contribution in [0.5, 0.6) is 0 Å². The monoisotopic (exact) mass is 129 g/mol. The molecule has 0 aliphatic rings. The van der Waals surface area contributed by atoms with Crippen LogP contribution in [0.1, 0.15) is 20.3 Å². The van der Waals surface area contributed by atoms with E-state index >= 15 is 0 Å². The lowest BCUT2D eigenvalue weighted by Crippen LogP contribution is -2.26. The maximum Gasteiger partial charge on any atom is 0.0621 e. The molecule has 0 aliphatic heterocycles. The standard InChI is InChI=1S/C7H15NO/c1-3-6(4-2)7(8)5-9/h3,7,9H,4-5,8H2,1-2H3/t7-/m1/s1. The second-order valence-corrected chi connectivity index (χ2v) is 2.01. The molecule has 1 atom stereocenters. The Morgan fingerprint density at radius 1 is 1.78 bits per heavy atom. The third-order valence-corrected chi connectivity index (χ3v) is 1.45. The number of nitrogens with two attached hydrogens (primary N) is 1. The molecular formula is C7H15NO. The summed E-state index contributed by atoms with van der Waals surface area (Å²) in [6.45, 7) is 4.02. The molecule has 0 aliphatic carbocycles. The first-order chi connectivity index (χ1) is 4.26. The summed E-state index contributed by atoms with van der Waals surface area (Å²) in [6.07, 6.45) is 2.89. The normalized spacial score (nSPS) is 15.8. The molecule has 0 amide bonds. The van der Waals surface area contributed by atoms with Crippen LogP contribution in [0.3, 0.4) is 0 Å². The average molecular weight is 129 g/mol. The Kier molecular flexibility index (Phi) is 4.36. The van der Waals surface area contributed by atoms with Crippen molar-refractivity contribution in [1.82, 2.24) is 0 Å². The van der Waals surface area contributed by atoms with E-state index in [0.29, 0.717) is 0 Å². The highest BCUT2D eigenvalue weighted by atomic mass is 16.3. The van der Waals surface area contributed by atoms with Gasteiger partial charge in [0.05, 0.1) is 6.61 Å². The Morgan fingerprint density at radius 3 is 2.44 bits per heavy atom. The SMILES string of the molecule is CC=C(CC)[C@H](N)CO. The Morgan fingerprint density at radius 2 is 2.33 bits per heavy atom. The van der Waals surface area contributed by atoms with Crippen molar-refractivity contribution in [2.75, 3.05) is 6.61 Å². The Hall–Kier alpha value is -0.340. The lowest BCUT2D eigenvalue weighted by Gasteiger charge is -2.09. The first kappa shape index (κ1) is 8.66. The van der Waals surface area contributed by atoms with Gasteiger partial charge < -0.3 is 10.8 Å². The van der Waals surface area contributed by atoms with E-state index in [1.54, 1.807) is 0 Å². The van der Waals surface area contributed by atoms with Gasteiger partial charge in [0.15, 0.2) is 0 Å². The summed E-state index contributed by atoms with van der Waals surface area (Å²) >= 11 is 0. The molecule has 0 radical (unpaired) electrons. The molecule has 0 saturated carbocycles. The van der Waals surface area contributed by atoms with Crippen LogP contribution in [-0.4, -0.2) is 17.8 Å². The van der Waals surface area contributed by atoms with Crippen LogP contribution >= 0.6 is 0 Å². The van der Waals surface area contributed by atoms with Crippen molar-refractivity contribution in [2.45, 2.75) is 26.3 Å². The van der Waals surface area contributed by atoms with E-state index in [-0.39, 0.29) is 12.6 Å². The molecular weight excluding hydrogens is 114 g/mol. The second kappa shape index (κ2) is 4.53. The third kappa shape index (κ3) is 2.63. The minimum atomic E-state index is -0.153. The van der Waals surface area contributed by atoms with Crippen molar-refractivity contribution in [3.05, 3.63) is 11.6 Å². The molecule has 0 saturated heterocycles. The summed E-state index contributed by atoms with van der Waals surface area (Å²) in [7, 11) is 0. The molecule has 2 nitrogen and oxygen atoms in total. The van der Waals surface area contributed by atoms with Gasteiger partial charge >= 0.3 is 0 Å². The molecule has 0 bridgehead atoms. The van der Waals surface area contributed by atoms with Crippen molar-refractivity contribution in [1.29, 1.82) is 0 Å². The fraction of sp³-hybridized carbons (Fsp3) is 0.714. The van der Waals surface area contributed by atoms with Gasteiger partial charge in [-0.05, 0) is 13.3 Å². The maximum atomic E-state index is 8.60. The molecule has 0 unspecified atom stereocenters. The quantitative estimate of drug-likeness (QED) is 0.550. The molecule has 0 aromatic carbocycles. The summed E-state index contributed by atoms with van der Waals surface area (Å²) in [5, 5.41) is 8.60. The van der Waals surface area contributed by atoms with Gasteiger partial charge in [0.2, 0.25) is 0 Å². The lowest BCUT2D eigenvalue weighted by atomic mass is 10.1. The van der Waals surface area contributed by atoms with E-state index in [4.69, 9.17) is 10.8 Å². The van der Waals surface area contributed by atoms with Gasteiger partial charge in [-0.15, -0.1) is 0 Å². The summed E-state index contributed by atoms with van der Waals surface area (Å²) < 4.78 is 0. The molecule has 0 aromatic rings. The number of aliphatic hydroxyl groups is 1. The van der Waals surface area contributed by atoms with E-state index in [1.807, 2.05) is 19.9 Å². The van der Waals surface area contributed by atoms with Gasteiger partial charge in [-0.3, -0.25) is 0 Å². The minimum Gasteiger partial charge on any atom is -0.394 e. The average Bonchev–Trinajstić information content (AvgIpc) is 1.90. The van der Waals surface area contributed by atoms with Gasteiger partial charge in [-0.25, -0.2) is 0 Å². The zero-order valence-corrected chi connectivity index (χ0v) is 6.09. The molecule has 0 heterocycles. The minimum absolute atomic E-state index is 0.0491. The summed E-state index contributed by atoms with van der Waals surface area (Å²) in [6, 6.07) is -0.153. The first-order valence-electron chi connectivity index (χ1n) is 3.27.